The summed E-state index contributed by atoms with van der Waals surface area (Å²) in [4.78, 5) is 26.9. The number of unbranched alkanes of at least 4 members (excludes halogenated alkanes) is 1. The highest BCUT2D eigenvalue weighted by atomic mass is 16.5. The van der Waals surface area contributed by atoms with E-state index in [1.54, 1.807) is 18.3 Å². The third-order valence-electron chi connectivity index (χ3n) is 2.46. The molecule has 0 aliphatic rings. The van der Waals surface area contributed by atoms with Crippen molar-refractivity contribution < 1.29 is 14.3 Å². The summed E-state index contributed by atoms with van der Waals surface area (Å²) in [5.74, 6) is -0.386. The van der Waals surface area contributed by atoms with Gasteiger partial charge in [0, 0.05) is 13.1 Å². The zero-order valence-corrected chi connectivity index (χ0v) is 11.0. The van der Waals surface area contributed by atoms with Gasteiger partial charge in [0.05, 0.1) is 6.20 Å². The summed E-state index contributed by atoms with van der Waals surface area (Å²) in [5, 5.41) is 2.58. The SMILES string of the molecule is CC(=O)NC(CCCCN)C(=O)Oc1cccnc1. The summed E-state index contributed by atoms with van der Waals surface area (Å²) in [6.45, 7) is 1.93. The number of hydrogen-bond acceptors (Lipinski definition) is 5. The van der Waals surface area contributed by atoms with Crippen molar-refractivity contribution in [2.45, 2.75) is 32.2 Å². The van der Waals surface area contributed by atoms with Crippen LogP contribution in [-0.2, 0) is 9.59 Å². The molecule has 0 bridgehead atoms. The second-order valence-corrected chi connectivity index (χ2v) is 4.15. The maximum Gasteiger partial charge on any atom is 0.334 e. The van der Waals surface area contributed by atoms with Crippen LogP contribution in [0.5, 0.6) is 5.75 Å². The van der Waals surface area contributed by atoms with Crippen LogP contribution in [0.4, 0.5) is 0 Å². The van der Waals surface area contributed by atoms with Crippen LogP contribution in [0.15, 0.2) is 24.5 Å². The maximum atomic E-state index is 11.9. The average Bonchev–Trinajstić information content (AvgIpc) is 2.38. The molecule has 0 spiro atoms. The predicted octanol–water partition coefficient (Wildman–Crippen LogP) is 0.621. The van der Waals surface area contributed by atoms with Crippen molar-refractivity contribution in [3.05, 3.63) is 24.5 Å². The number of rotatable bonds is 7. The first kappa shape index (κ1) is 15.1. The summed E-state index contributed by atoms with van der Waals surface area (Å²) < 4.78 is 5.16. The number of aromatic nitrogens is 1. The summed E-state index contributed by atoms with van der Waals surface area (Å²) in [6.07, 6.45) is 5.10. The third-order valence-corrected chi connectivity index (χ3v) is 2.46. The van der Waals surface area contributed by atoms with E-state index in [0.717, 1.165) is 12.8 Å². The van der Waals surface area contributed by atoms with Crippen LogP contribution in [0, 0.1) is 0 Å². The molecule has 0 aliphatic heterocycles. The Labute approximate surface area is 112 Å². The van der Waals surface area contributed by atoms with Gasteiger partial charge in [0.1, 0.15) is 11.8 Å². The number of pyridine rings is 1. The highest BCUT2D eigenvalue weighted by molar-refractivity contribution is 5.84. The number of esters is 1. The van der Waals surface area contributed by atoms with E-state index in [1.807, 2.05) is 0 Å². The number of carbonyl (C=O) groups excluding carboxylic acids is 2. The van der Waals surface area contributed by atoms with E-state index in [-0.39, 0.29) is 5.91 Å². The average molecular weight is 265 g/mol. The van der Waals surface area contributed by atoms with Crippen LogP contribution in [-0.4, -0.2) is 29.4 Å². The van der Waals surface area contributed by atoms with Crippen LogP contribution in [0.25, 0.3) is 0 Å². The Kier molecular flexibility index (Phi) is 6.52. The molecule has 0 saturated carbocycles. The number of nitrogens with one attached hydrogen (secondary N) is 1. The molecule has 0 radical (unpaired) electrons. The van der Waals surface area contributed by atoms with Gasteiger partial charge < -0.3 is 15.8 Å². The van der Waals surface area contributed by atoms with E-state index in [4.69, 9.17) is 10.5 Å². The van der Waals surface area contributed by atoms with Crippen molar-refractivity contribution >= 4 is 11.9 Å². The molecule has 0 aromatic carbocycles. The highest BCUT2D eigenvalue weighted by Gasteiger charge is 2.21. The maximum absolute atomic E-state index is 11.9. The number of carbonyl (C=O) groups is 2. The Bertz CT molecular complexity index is 409. The number of ether oxygens (including phenoxy) is 1. The lowest BCUT2D eigenvalue weighted by molar-refractivity contribution is -0.139. The standard InChI is InChI=1S/C13H19N3O3/c1-10(17)16-12(6-2-3-7-14)13(18)19-11-5-4-8-15-9-11/h4-5,8-9,12H,2-3,6-7,14H2,1H3,(H,16,17). The first-order valence-corrected chi connectivity index (χ1v) is 6.22. The van der Waals surface area contributed by atoms with Gasteiger partial charge in [-0.2, -0.15) is 0 Å². The first-order valence-electron chi connectivity index (χ1n) is 6.22. The molecular weight excluding hydrogens is 246 g/mol. The Hall–Kier alpha value is -1.95. The minimum Gasteiger partial charge on any atom is -0.423 e. The number of amides is 1. The van der Waals surface area contributed by atoms with Gasteiger partial charge in [-0.25, -0.2) is 4.79 Å². The molecular formula is C13H19N3O3. The van der Waals surface area contributed by atoms with Crippen molar-refractivity contribution in [1.29, 1.82) is 0 Å². The van der Waals surface area contributed by atoms with Crippen molar-refractivity contribution in [2.75, 3.05) is 6.54 Å². The lowest BCUT2D eigenvalue weighted by Gasteiger charge is -2.16. The topological polar surface area (TPSA) is 94.3 Å². The molecule has 1 aromatic heterocycles. The highest BCUT2D eigenvalue weighted by Crippen LogP contribution is 2.10. The van der Waals surface area contributed by atoms with Gasteiger partial charge in [-0.3, -0.25) is 9.78 Å². The molecule has 104 valence electrons. The smallest absolute Gasteiger partial charge is 0.334 e. The van der Waals surface area contributed by atoms with Crippen LogP contribution >= 0.6 is 0 Å². The van der Waals surface area contributed by atoms with Gasteiger partial charge in [-0.1, -0.05) is 0 Å². The van der Waals surface area contributed by atoms with Gasteiger partial charge in [-0.05, 0) is 37.9 Å². The Morgan fingerprint density at radius 2 is 2.26 bits per heavy atom. The van der Waals surface area contributed by atoms with Gasteiger partial charge >= 0.3 is 5.97 Å². The molecule has 0 saturated heterocycles. The third kappa shape index (κ3) is 5.96. The fraction of sp³-hybridized carbons (Fsp3) is 0.462. The minimum atomic E-state index is -0.649. The lowest BCUT2D eigenvalue weighted by Crippen LogP contribution is -2.42. The van der Waals surface area contributed by atoms with Crippen molar-refractivity contribution in [2.24, 2.45) is 5.73 Å². The molecule has 6 heteroatoms. The van der Waals surface area contributed by atoms with Crippen molar-refractivity contribution in [3.8, 4) is 5.75 Å². The molecule has 3 N–H and O–H groups in total. The van der Waals surface area contributed by atoms with Crippen LogP contribution in [0.3, 0.4) is 0 Å². The minimum absolute atomic E-state index is 0.263. The van der Waals surface area contributed by atoms with Gasteiger partial charge in [0.2, 0.25) is 5.91 Å². The summed E-state index contributed by atoms with van der Waals surface area (Å²) >= 11 is 0. The predicted molar refractivity (Wildman–Crippen MR) is 70.4 cm³/mol. The Balaban J connectivity index is 2.57. The number of hydrogen-bond donors (Lipinski definition) is 2. The van der Waals surface area contributed by atoms with Gasteiger partial charge in [-0.15, -0.1) is 0 Å². The zero-order chi connectivity index (χ0) is 14.1. The molecule has 1 unspecified atom stereocenters. The van der Waals surface area contributed by atoms with E-state index in [9.17, 15) is 9.59 Å². The van der Waals surface area contributed by atoms with E-state index in [0.29, 0.717) is 18.7 Å². The molecule has 1 atom stereocenters. The van der Waals surface area contributed by atoms with Crippen molar-refractivity contribution in [1.82, 2.24) is 10.3 Å². The first-order chi connectivity index (χ1) is 9.13. The number of nitrogens with zero attached hydrogens (tertiary/aromatic N) is 1. The normalized spacial score (nSPS) is 11.7. The van der Waals surface area contributed by atoms with E-state index >= 15 is 0 Å². The summed E-state index contributed by atoms with van der Waals surface area (Å²) in [6, 6.07) is 2.66. The van der Waals surface area contributed by atoms with Gasteiger partial charge in [0.15, 0.2) is 0 Å². The quantitative estimate of drug-likeness (QED) is 0.556. The lowest BCUT2D eigenvalue weighted by atomic mass is 10.1. The fourth-order valence-corrected chi connectivity index (χ4v) is 1.58. The van der Waals surface area contributed by atoms with Crippen LogP contribution < -0.4 is 15.8 Å². The van der Waals surface area contributed by atoms with E-state index in [2.05, 4.69) is 10.3 Å². The Morgan fingerprint density at radius 1 is 1.47 bits per heavy atom. The molecule has 1 rings (SSSR count). The van der Waals surface area contributed by atoms with E-state index < -0.39 is 12.0 Å². The largest absolute Gasteiger partial charge is 0.423 e. The fourth-order valence-electron chi connectivity index (χ4n) is 1.58. The number of nitrogens with two attached hydrogens (primary N) is 1. The zero-order valence-electron chi connectivity index (χ0n) is 11.0. The van der Waals surface area contributed by atoms with Gasteiger partial charge in [0.25, 0.3) is 0 Å². The molecule has 6 nitrogen and oxygen atoms in total. The second-order valence-electron chi connectivity index (χ2n) is 4.15. The monoisotopic (exact) mass is 265 g/mol. The molecule has 1 heterocycles. The Morgan fingerprint density at radius 3 is 2.84 bits per heavy atom. The molecule has 19 heavy (non-hydrogen) atoms. The van der Waals surface area contributed by atoms with E-state index in [1.165, 1.54) is 13.1 Å². The summed E-state index contributed by atoms with van der Waals surface area (Å²) in [7, 11) is 0. The molecule has 1 aromatic rings. The van der Waals surface area contributed by atoms with Crippen LogP contribution in [0.1, 0.15) is 26.2 Å². The molecule has 1 amide bonds. The van der Waals surface area contributed by atoms with Crippen LogP contribution in [0.2, 0.25) is 0 Å². The molecule has 0 aliphatic carbocycles. The van der Waals surface area contributed by atoms with Crippen molar-refractivity contribution in [3.63, 3.8) is 0 Å². The molecule has 0 fully saturated rings. The summed E-state index contributed by atoms with van der Waals surface area (Å²) in [5.41, 5.74) is 5.40. The second kappa shape index (κ2) is 8.20.